The number of hydrogen-bond acceptors (Lipinski definition) is 6. The molecular weight excluding hydrogens is 334 g/mol. The first-order valence-corrected chi connectivity index (χ1v) is 9.48. The minimum Gasteiger partial charge on any atom is -0.497 e. The summed E-state index contributed by atoms with van der Waals surface area (Å²) in [5.41, 5.74) is 0.286. The zero-order chi connectivity index (χ0) is 17.7. The van der Waals surface area contributed by atoms with E-state index in [2.05, 4.69) is 0 Å². The van der Waals surface area contributed by atoms with Crippen LogP contribution in [0.3, 0.4) is 0 Å². The van der Waals surface area contributed by atoms with Crippen molar-refractivity contribution in [2.45, 2.75) is 19.4 Å². The van der Waals surface area contributed by atoms with Gasteiger partial charge in [0.05, 0.1) is 24.2 Å². The molecule has 0 aromatic heterocycles. The van der Waals surface area contributed by atoms with Crippen molar-refractivity contribution in [3.8, 4) is 11.5 Å². The molecule has 1 atom stereocenters. The second-order valence-corrected chi connectivity index (χ2v) is 7.78. The number of nitrogens with zero attached hydrogens (tertiary/aromatic N) is 1. The van der Waals surface area contributed by atoms with Gasteiger partial charge in [-0.05, 0) is 31.5 Å². The van der Waals surface area contributed by atoms with Gasteiger partial charge in [0, 0.05) is 12.6 Å². The third-order valence-electron chi connectivity index (χ3n) is 4.01. The highest BCUT2D eigenvalue weighted by atomic mass is 32.2. The van der Waals surface area contributed by atoms with Gasteiger partial charge in [-0.2, -0.15) is 0 Å². The number of benzene rings is 1. The molecule has 1 heterocycles. The number of carbonyl (C=O) groups excluding carboxylic acids is 2. The summed E-state index contributed by atoms with van der Waals surface area (Å²) in [6.07, 6.45) is 1.08. The predicted molar refractivity (Wildman–Crippen MR) is 88.3 cm³/mol. The number of hydrogen-bond donors (Lipinski definition) is 0. The van der Waals surface area contributed by atoms with Crippen molar-refractivity contribution >= 4 is 22.0 Å². The maximum Gasteiger partial charge on any atom is 0.260 e. The van der Waals surface area contributed by atoms with Crippen LogP contribution in [0.25, 0.3) is 0 Å². The fourth-order valence-electron chi connectivity index (χ4n) is 2.76. The summed E-state index contributed by atoms with van der Waals surface area (Å²) in [4.78, 5) is 25.0. The third-order valence-corrected chi connectivity index (χ3v) is 5.76. The predicted octanol–water partition coefficient (Wildman–Crippen LogP) is 0.922. The highest BCUT2D eigenvalue weighted by molar-refractivity contribution is 7.91. The molecule has 0 aliphatic carbocycles. The molecule has 132 valence electrons. The Hall–Kier alpha value is -2.09. The van der Waals surface area contributed by atoms with Gasteiger partial charge in [0.1, 0.15) is 11.5 Å². The summed E-state index contributed by atoms with van der Waals surface area (Å²) >= 11 is 0. The number of ether oxygens (including phenoxy) is 2. The van der Waals surface area contributed by atoms with Crippen molar-refractivity contribution in [1.29, 1.82) is 0 Å². The number of methoxy groups -OCH3 is 1. The first kappa shape index (κ1) is 18.3. The smallest absolute Gasteiger partial charge is 0.260 e. The zero-order valence-electron chi connectivity index (χ0n) is 13.7. The number of rotatable bonds is 7. The summed E-state index contributed by atoms with van der Waals surface area (Å²) in [5, 5.41) is 0. The average molecular weight is 355 g/mol. The minimum absolute atomic E-state index is 0.00525. The Kier molecular flexibility index (Phi) is 5.82. The van der Waals surface area contributed by atoms with Crippen molar-refractivity contribution in [2.24, 2.45) is 0 Å². The molecular formula is C16H21NO6S. The van der Waals surface area contributed by atoms with Gasteiger partial charge in [0.2, 0.25) is 0 Å². The van der Waals surface area contributed by atoms with E-state index in [0.717, 1.165) is 0 Å². The fraction of sp³-hybridized carbons (Fsp3) is 0.500. The third kappa shape index (κ3) is 4.25. The topological polar surface area (TPSA) is 90.0 Å². The van der Waals surface area contributed by atoms with Gasteiger partial charge in [0.15, 0.2) is 22.7 Å². The van der Waals surface area contributed by atoms with E-state index in [1.807, 2.05) is 0 Å². The molecule has 0 bridgehead atoms. The van der Waals surface area contributed by atoms with E-state index in [4.69, 9.17) is 9.47 Å². The minimum atomic E-state index is -3.06. The van der Waals surface area contributed by atoms with E-state index in [9.17, 15) is 18.0 Å². The van der Waals surface area contributed by atoms with Crippen LogP contribution < -0.4 is 9.47 Å². The molecule has 1 aromatic rings. The lowest BCUT2D eigenvalue weighted by molar-refractivity contribution is -0.135. The Bertz CT molecular complexity index is 715. The molecule has 8 heteroatoms. The van der Waals surface area contributed by atoms with E-state index in [1.165, 1.54) is 18.1 Å². The number of carbonyl (C=O) groups is 2. The average Bonchev–Trinajstić information content (AvgIpc) is 2.93. The number of likely N-dealkylation sites (N-methyl/N-ethyl adjacent to an activating group) is 1. The first-order chi connectivity index (χ1) is 11.4. The highest BCUT2D eigenvalue weighted by Gasteiger charge is 2.34. The molecule has 7 nitrogen and oxygen atoms in total. The van der Waals surface area contributed by atoms with Crippen LogP contribution >= 0.6 is 0 Å². The molecule has 1 fully saturated rings. The van der Waals surface area contributed by atoms with Crippen LogP contribution in [-0.4, -0.2) is 63.3 Å². The summed E-state index contributed by atoms with van der Waals surface area (Å²) in [7, 11) is -1.58. The lowest BCUT2D eigenvalue weighted by Gasteiger charge is -2.26. The van der Waals surface area contributed by atoms with Crippen molar-refractivity contribution in [1.82, 2.24) is 4.90 Å². The first-order valence-electron chi connectivity index (χ1n) is 7.66. The Balaban J connectivity index is 2.03. The monoisotopic (exact) mass is 355 g/mol. The van der Waals surface area contributed by atoms with Crippen molar-refractivity contribution < 1.29 is 27.5 Å². The van der Waals surface area contributed by atoms with E-state index in [-0.39, 0.29) is 41.4 Å². The molecule has 24 heavy (non-hydrogen) atoms. The quantitative estimate of drug-likeness (QED) is 0.676. The molecule has 1 aliphatic rings. The maximum absolute atomic E-state index is 12.4. The van der Waals surface area contributed by atoms with E-state index in [1.54, 1.807) is 19.1 Å². The molecule has 1 aliphatic heterocycles. The van der Waals surface area contributed by atoms with Gasteiger partial charge in [-0.15, -0.1) is 0 Å². The van der Waals surface area contributed by atoms with Gasteiger partial charge >= 0.3 is 0 Å². The van der Waals surface area contributed by atoms with Crippen LogP contribution in [0, 0.1) is 0 Å². The molecule has 0 spiro atoms. The summed E-state index contributed by atoms with van der Waals surface area (Å²) in [6, 6.07) is 4.41. The molecule has 0 N–H and O–H groups in total. The number of aldehydes is 1. The van der Waals surface area contributed by atoms with Crippen LogP contribution in [-0.2, 0) is 14.6 Å². The summed E-state index contributed by atoms with van der Waals surface area (Å²) < 4.78 is 33.7. The number of amides is 1. The Morgan fingerprint density at radius 1 is 1.42 bits per heavy atom. The molecule has 1 unspecified atom stereocenters. The van der Waals surface area contributed by atoms with Crippen LogP contribution in [0.5, 0.6) is 11.5 Å². The van der Waals surface area contributed by atoms with Crippen molar-refractivity contribution in [2.75, 3.05) is 31.8 Å². The van der Waals surface area contributed by atoms with Crippen molar-refractivity contribution in [3.63, 3.8) is 0 Å². The van der Waals surface area contributed by atoms with Gasteiger partial charge in [-0.1, -0.05) is 0 Å². The fourth-order valence-corrected chi connectivity index (χ4v) is 4.49. The molecule has 0 saturated carbocycles. The highest BCUT2D eigenvalue weighted by Crippen LogP contribution is 2.23. The van der Waals surface area contributed by atoms with Crippen LogP contribution in [0.15, 0.2) is 18.2 Å². The standard InChI is InChI=1S/C16H21NO6S/c1-3-17(13-6-7-24(20,21)11-13)16(19)10-23-15-5-4-14(22-2)8-12(15)9-18/h4-5,8-9,13H,3,6-7,10-11H2,1-2H3. The summed E-state index contributed by atoms with van der Waals surface area (Å²) in [5.74, 6) is 0.605. The van der Waals surface area contributed by atoms with Crippen LogP contribution in [0.2, 0.25) is 0 Å². The molecule has 1 amide bonds. The van der Waals surface area contributed by atoms with E-state index >= 15 is 0 Å². The normalized spacial score (nSPS) is 18.8. The van der Waals surface area contributed by atoms with Crippen molar-refractivity contribution in [3.05, 3.63) is 23.8 Å². The zero-order valence-corrected chi connectivity index (χ0v) is 14.5. The molecule has 2 rings (SSSR count). The lowest BCUT2D eigenvalue weighted by Crippen LogP contribution is -2.43. The Morgan fingerprint density at radius 3 is 2.71 bits per heavy atom. The second-order valence-electron chi connectivity index (χ2n) is 5.55. The summed E-state index contributed by atoms with van der Waals surface area (Å²) in [6.45, 7) is 1.95. The number of sulfone groups is 1. The molecule has 1 saturated heterocycles. The van der Waals surface area contributed by atoms with Gasteiger partial charge < -0.3 is 14.4 Å². The lowest BCUT2D eigenvalue weighted by atomic mass is 10.2. The maximum atomic E-state index is 12.4. The van der Waals surface area contributed by atoms with Crippen LogP contribution in [0.1, 0.15) is 23.7 Å². The SMILES string of the molecule is CCN(C(=O)COc1ccc(OC)cc1C=O)C1CCS(=O)(=O)C1. The molecule has 1 aromatic carbocycles. The second kappa shape index (κ2) is 7.65. The Labute approximate surface area is 141 Å². The Morgan fingerprint density at radius 2 is 2.17 bits per heavy atom. The van der Waals surface area contributed by atoms with E-state index < -0.39 is 9.84 Å². The van der Waals surface area contributed by atoms with E-state index in [0.29, 0.717) is 25.0 Å². The largest absolute Gasteiger partial charge is 0.497 e. The van der Waals surface area contributed by atoms with Gasteiger partial charge in [-0.25, -0.2) is 8.42 Å². The van der Waals surface area contributed by atoms with Gasteiger partial charge in [-0.3, -0.25) is 9.59 Å². The molecule has 0 radical (unpaired) electrons. The van der Waals surface area contributed by atoms with Gasteiger partial charge in [0.25, 0.3) is 5.91 Å². The van der Waals surface area contributed by atoms with Crippen LogP contribution in [0.4, 0.5) is 0 Å².